The molecule has 8 heteroatoms. The SMILES string of the molecule is O=C1C=C(c2cc(C3=CC(=O)NC3=O)c(Cl)cc2Cl)C(=O)N1. The fourth-order valence-electron chi connectivity index (χ4n) is 2.19. The lowest BCUT2D eigenvalue weighted by Gasteiger charge is -2.10. The lowest BCUT2D eigenvalue weighted by atomic mass is 9.99. The Morgan fingerprint density at radius 3 is 1.41 bits per heavy atom. The van der Waals surface area contributed by atoms with Crippen molar-refractivity contribution < 1.29 is 19.2 Å². The summed E-state index contributed by atoms with van der Waals surface area (Å²) in [6.07, 6.45) is 2.21. The summed E-state index contributed by atoms with van der Waals surface area (Å²) in [6, 6.07) is 2.75. The van der Waals surface area contributed by atoms with Gasteiger partial charge in [0.1, 0.15) is 0 Å². The van der Waals surface area contributed by atoms with Gasteiger partial charge in [-0.2, -0.15) is 0 Å². The Morgan fingerprint density at radius 1 is 0.682 bits per heavy atom. The van der Waals surface area contributed by atoms with E-state index < -0.39 is 23.6 Å². The highest BCUT2D eigenvalue weighted by molar-refractivity contribution is 6.43. The number of hydrogen-bond donors (Lipinski definition) is 2. The third-order valence-corrected chi connectivity index (χ3v) is 3.78. The van der Waals surface area contributed by atoms with E-state index >= 15 is 0 Å². The highest BCUT2D eigenvalue weighted by Crippen LogP contribution is 2.35. The van der Waals surface area contributed by atoms with Gasteiger partial charge in [-0.25, -0.2) is 0 Å². The monoisotopic (exact) mass is 336 g/mol. The topological polar surface area (TPSA) is 92.3 Å². The maximum atomic E-state index is 11.7. The van der Waals surface area contributed by atoms with Gasteiger partial charge in [-0.05, 0) is 12.1 Å². The number of hydrogen-bond acceptors (Lipinski definition) is 4. The molecule has 4 amide bonds. The normalized spacial score (nSPS) is 17.4. The molecule has 22 heavy (non-hydrogen) atoms. The molecule has 2 heterocycles. The second-order valence-corrected chi connectivity index (χ2v) is 5.38. The zero-order chi connectivity index (χ0) is 16.0. The molecule has 0 unspecified atom stereocenters. The summed E-state index contributed by atoms with van der Waals surface area (Å²) in [7, 11) is 0. The minimum atomic E-state index is -0.596. The first kappa shape index (κ1) is 14.5. The van der Waals surface area contributed by atoms with Gasteiger partial charge in [0.25, 0.3) is 23.6 Å². The minimum absolute atomic E-state index is 0.0678. The lowest BCUT2D eigenvalue weighted by molar-refractivity contribution is -0.124. The molecule has 0 bridgehead atoms. The first-order valence-electron chi connectivity index (χ1n) is 6.00. The third-order valence-electron chi connectivity index (χ3n) is 3.15. The molecular weight excluding hydrogens is 331 g/mol. The van der Waals surface area contributed by atoms with E-state index in [9.17, 15) is 19.2 Å². The number of rotatable bonds is 2. The fraction of sp³-hybridized carbons (Fsp3) is 0. The Morgan fingerprint density at radius 2 is 1.09 bits per heavy atom. The van der Waals surface area contributed by atoms with Crippen LogP contribution in [0.2, 0.25) is 10.0 Å². The largest absolute Gasteiger partial charge is 0.289 e. The number of amides is 4. The van der Waals surface area contributed by atoms with Crippen LogP contribution in [0, 0.1) is 0 Å². The molecule has 0 spiro atoms. The molecule has 0 saturated carbocycles. The third kappa shape index (κ3) is 2.32. The van der Waals surface area contributed by atoms with E-state index in [0.29, 0.717) is 0 Å². The van der Waals surface area contributed by atoms with E-state index in [0.717, 1.165) is 12.2 Å². The first-order chi connectivity index (χ1) is 10.4. The van der Waals surface area contributed by atoms with E-state index in [1.807, 2.05) is 0 Å². The van der Waals surface area contributed by atoms with Crippen molar-refractivity contribution in [3.8, 4) is 0 Å². The van der Waals surface area contributed by atoms with Crippen LogP contribution in [0.25, 0.3) is 11.1 Å². The van der Waals surface area contributed by atoms with Crippen LogP contribution < -0.4 is 10.6 Å². The quantitative estimate of drug-likeness (QED) is 0.790. The highest BCUT2D eigenvalue weighted by Gasteiger charge is 2.28. The van der Waals surface area contributed by atoms with Crippen molar-refractivity contribution in [1.29, 1.82) is 0 Å². The number of carbonyl (C=O) groups is 4. The fourth-order valence-corrected chi connectivity index (χ4v) is 2.77. The standard InChI is InChI=1S/C14H6Cl2N2O4/c15-9-4-10(16)6(8-3-12(20)18-14(8)22)1-5(9)7-2-11(19)17-13(7)21/h1-4H,(H,17,19,21)(H,18,20,22). The summed E-state index contributed by atoms with van der Waals surface area (Å²) in [6.45, 7) is 0. The molecule has 6 nitrogen and oxygen atoms in total. The van der Waals surface area contributed by atoms with Gasteiger partial charge in [-0.1, -0.05) is 23.2 Å². The Labute approximate surface area is 133 Å². The molecule has 2 N–H and O–H groups in total. The summed E-state index contributed by atoms with van der Waals surface area (Å²) >= 11 is 12.1. The van der Waals surface area contributed by atoms with Crippen LogP contribution in [0.15, 0.2) is 24.3 Å². The number of benzene rings is 1. The van der Waals surface area contributed by atoms with Gasteiger partial charge < -0.3 is 0 Å². The summed E-state index contributed by atoms with van der Waals surface area (Å²) < 4.78 is 0. The van der Waals surface area contributed by atoms with E-state index in [2.05, 4.69) is 10.6 Å². The molecule has 3 rings (SSSR count). The molecule has 0 aromatic heterocycles. The minimum Gasteiger partial charge on any atom is -0.289 e. The number of halogens is 2. The Bertz CT molecular complexity index is 774. The molecular formula is C14H6Cl2N2O4. The smallest absolute Gasteiger partial charge is 0.258 e. The average molecular weight is 337 g/mol. The van der Waals surface area contributed by atoms with Gasteiger partial charge in [0.05, 0.1) is 21.2 Å². The van der Waals surface area contributed by atoms with Crippen LogP contribution in [0.1, 0.15) is 11.1 Å². The van der Waals surface area contributed by atoms with Crippen LogP contribution >= 0.6 is 23.2 Å². The molecule has 1 aromatic rings. The van der Waals surface area contributed by atoms with Gasteiger partial charge in [0.2, 0.25) is 0 Å². The summed E-state index contributed by atoms with van der Waals surface area (Å²) in [4.78, 5) is 46.0. The second kappa shape index (κ2) is 5.08. The van der Waals surface area contributed by atoms with Crippen molar-refractivity contribution in [3.63, 3.8) is 0 Å². The molecule has 2 aliphatic heterocycles. The zero-order valence-corrected chi connectivity index (χ0v) is 12.2. The van der Waals surface area contributed by atoms with Crippen LogP contribution in [0.4, 0.5) is 0 Å². The Hall–Kier alpha value is -2.44. The zero-order valence-electron chi connectivity index (χ0n) is 10.7. The van der Waals surface area contributed by atoms with Crippen molar-refractivity contribution in [2.45, 2.75) is 0 Å². The predicted octanol–water partition coefficient (Wildman–Crippen LogP) is 1.07. The molecule has 1 aromatic carbocycles. The lowest BCUT2D eigenvalue weighted by Crippen LogP contribution is -2.22. The van der Waals surface area contributed by atoms with Gasteiger partial charge in [0, 0.05) is 23.3 Å². The van der Waals surface area contributed by atoms with Crippen LogP contribution in [0.3, 0.4) is 0 Å². The van der Waals surface area contributed by atoms with Gasteiger partial charge in [-0.3, -0.25) is 29.8 Å². The van der Waals surface area contributed by atoms with Crippen LogP contribution in [-0.2, 0) is 19.2 Å². The summed E-state index contributed by atoms with van der Waals surface area (Å²) in [5.41, 5.74) is 0.631. The molecule has 0 aliphatic carbocycles. The number of imide groups is 2. The van der Waals surface area contributed by atoms with Gasteiger partial charge >= 0.3 is 0 Å². The molecule has 0 atom stereocenters. The van der Waals surface area contributed by atoms with Gasteiger partial charge in [-0.15, -0.1) is 0 Å². The van der Waals surface area contributed by atoms with Crippen molar-refractivity contribution in [1.82, 2.24) is 10.6 Å². The highest BCUT2D eigenvalue weighted by atomic mass is 35.5. The van der Waals surface area contributed by atoms with Crippen LogP contribution in [-0.4, -0.2) is 23.6 Å². The summed E-state index contributed by atoms with van der Waals surface area (Å²) in [5, 5.41) is 4.50. The Kier molecular flexibility index (Phi) is 3.35. The Balaban J connectivity index is 2.17. The molecule has 0 fully saturated rings. The van der Waals surface area contributed by atoms with E-state index in [4.69, 9.17) is 23.2 Å². The van der Waals surface area contributed by atoms with E-state index in [1.54, 1.807) is 0 Å². The molecule has 0 radical (unpaired) electrons. The van der Waals surface area contributed by atoms with Gasteiger partial charge in [0.15, 0.2) is 0 Å². The maximum absolute atomic E-state index is 11.7. The predicted molar refractivity (Wildman–Crippen MR) is 78.7 cm³/mol. The van der Waals surface area contributed by atoms with Crippen LogP contribution in [0.5, 0.6) is 0 Å². The maximum Gasteiger partial charge on any atom is 0.258 e. The van der Waals surface area contributed by atoms with Crippen molar-refractivity contribution >= 4 is 58.0 Å². The molecule has 2 aliphatic rings. The molecule has 110 valence electrons. The second-order valence-electron chi connectivity index (χ2n) is 4.56. The van der Waals surface area contributed by atoms with E-state index in [1.165, 1.54) is 12.1 Å². The first-order valence-corrected chi connectivity index (χ1v) is 6.76. The average Bonchev–Trinajstić information content (AvgIpc) is 2.92. The van der Waals surface area contributed by atoms with Crippen molar-refractivity contribution in [3.05, 3.63) is 45.5 Å². The van der Waals surface area contributed by atoms with E-state index in [-0.39, 0.29) is 32.3 Å². The van der Waals surface area contributed by atoms with Crippen molar-refractivity contribution in [2.75, 3.05) is 0 Å². The number of nitrogens with one attached hydrogen (secondary N) is 2. The number of carbonyl (C=O) groups excluding carboxylic acids is 4. The molecule has 0 saturated heterocycles. The summed E-state index contributed by atoms with van der Waals surface area (Å²) in [5.74, 6) is -2.30. The van der Waals surface area contributed by atoms with Crippen molar-refractivity contribution in [2.24, 2.45) is 0 Å².